The van der Waals surface area contributed by atoms with Gasteiger partial charge in [0.05, 0.1) is 10.6 Å². The summed E-state index contributed by atoms with van der Waals surface area (Å²) in [6, 6.07) is 21.5. The van der Waals surface area contributed by atoms with Crippen molar-refractivity contribution in [3.63, 3.8) is 0 Å². The molecule has 0 bridgehead atoms. The molecule has 2 aliphatic rings. The van der Waals surface area contributed by atoms with Crippen molar-refractivity contribution in [1.82, 2.24) is 4.90 Å². The number of para-hydroxylation sites is 1. The van der Waals surface area contributed by atoms with Crippen molar-refractivity contribution >= 4 is 38.9 Å². The molecule has 176 valence electrons. The number of anilines is 2. The van der Waals surface area contributed by atoms with Crippen molar-refractivity contribution in [2.24, 2.45) is 0 Å². The van der Waals surface area contributed by atoms with Gasteiger partial charge in [-0.2, -0.15) is 0 Å². The first-order valence-electron chi connectivity index (χ1n) is 11.4. The monoisotopic (exact) mass is 495 g/mol. The molecule has 0 unspecified atom stereocenters. The van der Waals surface area contributed by atoms with Crippen LogP contribution >= 0.6 is 11.6 Å². The van der Waals surface area contributed by atoms with E-state index in [-0.39, 0.29) is 16.8 Å². The van der Waals surface area contributed by atoms with Crippen molar-refractivity contribution < 1.29 is 13.2 Å². The number of fused-ring (bicyclic) bond motifs is 1. The minimum atomic E-state index is -3.80. The summed E-state index contributed by atoms with van der Waals surface area (Å²) >= 11 is 6.12. The number of sulfonamides is 1. The number of hydrogen-bond donors (Lipinski definition) is 0. The molecule has 5 rings (SSSR count). The first-order valence-corrected chi connectivity index (χ1v) is 13.2. The van der Waals surface area contributed by atoms with Gasteiger partial charge >= 0.3 is 0 Å². The molecule has 1 saturated heterocycles. The van der Waals surface area contributed by atoms with Gasteiger partial charge in [-0.3, -0.25) is 9.10 Å². The van der Waals surface area contributed by atoms with E-state index < -0.39 is 10.0 Å². The van der Waals surface area contributed by atoms with E-state index >= 15 is 0 Å². The molecule has 1 fully saturated rings. The van der Waals surface area contributed by atoms with Crippen LogP contribution in [0.2, 0.25) is 5.02 Å². The van der Waals surface area contributed by atoms with Crippen molar-refractivity contribution in [2.75, 3.05) is 35.4 Å². The van der Waals surface area contributed by atoms with E-state index in [1.807, 2.05) is 55.5 Å². The van der Waals surface area contributed by atoms with Gasteiger partial charge in [0, 0.05) is 48.5 Å². The third-order valence-electron chi connectivity index (χ3n) is 6.52. The van der Waals surface area contributed by atoms with Crippen LogP contribution in [0.3, 0.4) is 0 Å². The maximum atomic E-state index is 13.6. The summed E-state index contributed by atoms with van der Waals surface area (Å²) < 4.78 is 28.6. The predicted octanol–water partition coefficient (Wildman–Crippen LogP) is 4.44. The molecular weight excluding hydrogens is 470 g/mol. The van der Waals surface area contributed by atoms with Gasteiger partial charge in [-0.25, -0.2) is 8.42 Å². The maximum absolute atomic E-state index is 13.6. The molecule has 2 heterocycles. The van der Waals surface area contributed by atoms with E-state index in [9.17, 15) is 13.2 Å². The molecule has 8 heteroatoms. The predicted molar refractivity (Wildman–Crippen MR) is 135 cm³/mol. The van der Waals surface area contributed by atoms with Gasteiger partial charge in [0.25, 0.3) is 15.9 Å². The number of amides is 1. The Balaban J connectivity index is 1.34. The average Bonchev–Trinajstić information content (AvgIpc) is 3.20. The zero-order valence-corrected chi connectivity index (χ0v) is 20.5. The van der Waals surface area contributed by atoms with E-state index in [1.165, 1.54) is 10.4 Å². The van der Waals surface area contributed by atoms with Crippen LogP contribution in [0.1, 0.15) is 22.8 Å². The number of nitrogens with zero attached hydrogens (tertiary/aromatic N) is 3. The lowest BCUT2D eigenvalue weighted by Crippen LogP contribution is -2.48. The molecule has 3 aromatic carbocycles. The molecule has 0 aromatic heterocycles. The van der Waals surface area contributed by atoms with Crippen LogP contribution in [0.25, 0.3) is 0 Å². The first-order chi connectivity index (χ1) is 16.3. The Kier molecular flexibility index (Phi) is 6.00. The first kappa shape index (κ1) is 22.7. The highest BCUT2D eigenvalue weighted by molar-refractivity contribution is 7.92. The van der Waals surface area contributed by atoms with Gasteiger partial charge in [0.2, 0.25) is 0 Å². The van der Waals surface area contributed by atoms with Crippen LogP contribution in [0, 0.1) is 0 Å². The number of piperazine rings is 1. The van der Waals surface area contributed by atoms with Crippen molar-refractivity contribution in [1.29, 1.82) is 0 Å². The summed E-state index contributed by atoms with van der Waals surface area (Å²) in [5.74, 6) is -0.155. The summed E-state index contributed by atoms with van der Waals surface area (Å²) in [5, 5.41) is 0.684. The molecule has 0 N–H and O–H groups in total. The summed E-state index contributed by atoms with van der Waals surface area (Å²) in [6.07, 6.45) is 0.672. The average molecular weight is 496 g/mol. The van der Waals surface area contributed by atoms with Gasteiger partial charge in [0.15, 0.2) is 0 Å². The fourth-order valence-corrected chi connectivity index (χ4v) is 6.75. The van der Waals surface area contributed by atoms with Gasteiger partial charge in [-0.15, -0.1) is 0 Å². The van der Waals surface area contributed by atoms with Gasteiger partial charge in [-0.05, 0) is 61.4 Å². The van der Waals surface area contributed by atoms with Crippen molar-refractivity contribution in [3.8, 4) is 0 Å². The highest BCUT2D eigenvalue weighted by atomic mass is 35.5. The topological polar surface area (TPSA) is 60.9 Å². The molecule has 1 atom stereocenters. The third kappa shape index (κ3) is 4.14. The molecule has 34 heavy (non-hydrogen) atoms. The van der Waals surface area contributed by atoms with Gasteiger partial charge < -0.3 is 9.80 Å². The fraction of sp³-hybridized carbons (Fsp3) is 0.269. The number of halogens is 1. The van der Waals surface area contributed by atoms with E-state index in [1.54, 1.807) is 23.1 Å². The number of rotatable bonds is 4. The normalized spacial score (nSPS) is 18.2. The second-order valence-electron chi connectivity index (χ2n) is 8.77. The number of benzene rings is 3. The molecule has 6 nitrogen and oxygen atoms in total. The maximum Gasteiger partial charge on any atom is 0.264 e. The molecule has 2 aliphatic heterocycles. The lowest BCUT2D eigenvalue weighted by Gasteiger charge is -2.36. The van der Waals surface area contributed by atoms with Crippen LogP contribution in [-0.4, -0.2) is 51.4 Å². The Hall–Kier alpha value is -3.03. The molecule has 0 aliphatic carbocycles. The van der Waals surface area contributed by atoms with E-state index in [4.69, 9.17) is 11.6 Å². The minimum Gasteiger partial charge on any atom is -0.368 e. The molecule has 0 spiro atoms. The minimum absolute atomic E-state index is 0.138. The lowest BCUT2D eigenvalue weighted by molar-refractivity contribution is 0.0746. The van der Waals surface area contributed by atoms with Gasteiger partial charge in [0.1, 0.15) is 0 Å². The van der Waals surface area contributed by atoms with E-state index in [2.05, 4.69) is 4.90 Å². The van der Waals surface area contributed by atoms with Gasteiger partial charge in [-0.1, -0.05) is 41.9 Å². The number of carbonyl (C=O) groups excluding carboxylic acids is 1. The Morgan fingerprint density at radius 1 is 0.912 bits per heavy atom. The Bertz CT molecular complexity index is 1340. The standard InChI is InChI=1S/C26H26ClN3O3S/c1-19-16-20-6-2-3-11-25(20)30(19)34(32,33)24-10-4-7-21(17-24)26(31)29-14-12-28(13-15-29)23-9-5-8-22(27)18-23/h2-11,17-19H,12-16H2,1H3/t19-/m0/s1. The van der Waals surface area contributed by atoms with Crippen LogP contribution in [0.15, 0.2) is 77.7 Å². The molecule has 0 radical (unpaired) electrons. The van der Waals surface area contributed by atoms with Crippen LogP contribution in [0.4, 0.5) is 11.4 Å². The quantitative estimate of drug-likeness (QED) is 0.536. The summed E-state index contributed by atoms with van der Waals surface area (Å²) in [5.41, 5.74) is 3.15. The zero-order chi connectivity index (χ0) is 23.9. The van der Waals surface area contributed by atoms with Crippen molar-refractivity contribution in [2.45, 2.75) is 24.3 Å². The number of hydrogen-bond acceptors (Lipinski definition) is 4. The SMILES string of the molecule is C[C@H]1Cc2ccccc2N1S(=O)(=O)c1cccc(C(=O)N2CCN(c3cccc(Cl)c3)CC2)c1. The summed E-state index contributed by atoms with van der Waals surface area (Å²) in [6.45, 7) is 4.39. The molecular formula is C26H26ClN3O3S. The largest absolute Gasteiger partial charge is 0.368 e. The Morgan fingerprint density at radius 2 is 1.65 bits per heavy atom. The summed E-state index contributed by atoms with van der Waals surface area (Å²) in [7, 11) is -3.80. The highest BCUT2D eigenvalue weighted by Gasteiger charge is 2.36. The molecule has 3 aromatic rings. The molecule has 1 amide bonds. The van der Waals surface area contributed by atoms with E-state index in [0.29, 0.717) is 48.9 Å². The fourth-order valence-electron chi connectivity index (χ4n) is 4.83. The summed E-state index contributed by atoms with van der Waals surface area (Å²) in [4.78, 5) is 17.4. The lowest BCUT2D eigenvalue weighted by atomic mass is 10.1. The van der Waals surface area contributed by atoms with Crippen LogP contribution < -0.4 is 9.21 Å². The van der Waals surface area contributed by atoms with Crippen LogP contribution in [0.5, 0.6) is 0 Å². The second kappa shape index (κ2) is 8.96. The van der Waals surface area contributed by atoms with E-state index in [0.717, 1.165) is 11.3 Å². The third-order valence-corrected chi connectivity index (χ3v) is 8.68. The van der Waals surface area contributed by atoms with Crippen molar-refractivity contribution in [3.05, 3.63) is 88.9 Å². The second-order valence-corrected chi connectivity index (χ2v) is 11.0. The Labute approximate surface area is 205 Å². The zero-order valence-electron chi connectivity index (χ0n) is 18.9. The van der Waals surface area contributed by atoms with Crippen LogP contribution in [-0.2, 0) is 16.4 Å². The number of carbonyl (C=O) groups is 1. The molecule has 0 saturated carbocycles. The Morgan fingerprint density at radius 3 is 2.41 bits per heavy atom. The highest BCUT2D eigenvalue weighted by Crippen LogP contribution is 2.36. The smallest absolute Gasteiger partial charge is 0.264 e.